The molecule has 0 unspecified atom stereocenters. The highest BCUT2D eigenvalue weighted by Crippen LogP contribution is 2.30. The van der Waals surface area contributed by atoms with Gasteiger partial charge in [-0.1, -0.05) is 0 Å². The van der Waals surface area contributed by atoms with Gasteiger partial charge in [0.2, 0.25) is 5.95 Å². The molecule has 4 heterocycles. The fourth-order valence-electron chi connectivity index (χ4n) is 4.80. The Kier molecular flexibility index (Phi) is 6.53. The fourth-order valence-corrected chi connectivity index (χ4v) is 4.80. The van der Waals surface area contributed by atoms with Gasteiger partial charge in [0.05, 0.1) is 29.7 Å². The van der Waals surface area contributed by atoms with Crippen molar-refractivity contribution < 1.29 is 13.5 Å². The normalized spacial score (nSPS) is 14.7. The minimum absolute atomic E-state index is 0.0000864. The van der Waals surface area contributed by atoms with Gasteiger partial charge in [0, 0.05) is 31.8 Å². The van der Waals surface area contributed by atoms with E-state index in [-0.39, 0.29) is 23.2 Å². The lowest BCUT2D eigenvalue weighted by molar-refractivity contribution is 0.0819. The van der Waals surface area contributed by atoms with E-state index >= 15 is 0 Å². The lowest BCUT2D eigenvalue weighted by Crippen LogP contribution is -2.36. The molecule has 3 aromatic heterocycles. The summed E-state index contributed by atoms with van der Waals surface area (Å²) in [5.74, 6) is 0.220. The van der Waals surface area contributed by atoms with Crippen LogP contribution in [0.4, 0.5) is 26.2 Å². The topological polar surface area (TPSA) is 81.0 Å². The maximum Gasteiger partial charge on any atom is 0.229 e. The Bertz CT molecular complexity index is 1380. The number of halogens is 2. The number of hydrogen-bond donors (Lipinski definition) is 1. The number of rotatable bonds is 6. The van der Waals surface area contributed by atoms with Crippen LogP contribution < -0.4 is 10.2 Å². The van der Waals surface area contributed by atoms with Gasteiger partial charge in [-0.25, -0.2) is 28.7 Å². The van der Waals surface area contributed by atoms with Crippen molar-refractivity contribution in [3.63, 3.8) is 0 Å². The van der Waals surface area contributed by atoms with Gasteiger partial charge in [0.25, 0.3) is 0 Å². The van der Waals surface area contributed by atoms with Crippen molar-refractivity contribution in [1.29, 1.82) is 0 Å². The number of anilines is 3. The Morgan fingerprint density at radius 1 is 1.03 bits per heavy atom. The number of aromatic nitrogens is 5. The second-order valence-corrected chi connectivity index (χ2v) is 9.29. The molecule has 0 radical (unpaired) electrons. The van der Waals surface area contributed by atoms with Crippen molar-refractivity contribution in [2.45, 2.75) is 45.8 Å². The van der Waals surface area contributed by atoms with E-state index in [0.29, 0.717) is 28.8 Å². The minimum atomic E-state index is -0.644. The Morgan fingerprint density at radius 3 is 2.47 bits per heavy atom. The third-order valence-corrected chi connectivity index (χ3v) is 6.59. The summed E-state index contributed by atoms with van der Waals surface area (Å²) >= 11 is 0. The van der Waals surface area contributed by atoms with Crippen LogP contribution in [0.1, 0.15) is 38.6 Å². The quantitative estimate of drug-likeness (QED) is 0.384. The standard InChI is InChI=1S/C26H29F2N7O/c1-15(2)35-16(3)31-25-20(27)11-17(12-22(25)35)24-21(28)14-30-26(33-24)32-23-6-5-18(13-29-23)34-9-7-19(36-4)8-10-34/h5-6,11-15,19H,7-10H2,1-4H3,(H,29,30,32,33). The number of nitrogens with one attached hydrogen (secondary N) is 1. The first-order valence-corrected chi connectivity index (χ1v) is 12.1. The van der Waals surface area contributed by atoms with E-state index in [0.717, 1.165) is 37.8 Å². The van der Waals surface area contributed by atoms with Crippen LogP contribution in [0.3, 0.4) is 0 Å². The molecule has 1 N–H and O–H groups in total. The van der Waals surface area contributed by atoms with Gasteiger partial charge >= 0.3 is 0 Å². The average Bonchev–Trinajstić information content (AvgIpc) is 3.22. The lowest BCUT2D eigenvalue weighted by atomic mass is 10.1. The van der Waals surface area contributed by atoms with Crippen LogP contribution in [0.25, 0.3) is 22.3 Å². The molecular weight excluding hydrogens is 464 g/mol. The third kappa shape index (κ3) is 4.60. The summed E-state index contributed by atoms with van der Waals surface area (Å²) in [6.07, 6.45) is 5.13. The Hall–Kier alpha value is -3.66. The minimum Gasteiger partial charge on any atom is -0.381 e. The van der Waals surface area contributed by atoms with Crippen LogP contribution in [0, 0.1) is 18.6 Å². The van der Waals surface area contributed by atoms with Crippen LogP contribution >= 0.6 is 0 Å². The van der Waals surface area contributed by atoms with Crippen molar-refractivity contribution in [3.8, 4) is 11.3 Å². The van der Waals surface area contributed by atoms with Crippen molar-refractivity contribution >= 4 is 28.5 Å². The van der Waals surface area contributed by atoms with Gasteiger partial charge in [-0.05, 0) is 57.9 Å². The zero-order valence-electron chi connectivity index (χ0n) is 20.8. The Balaban J connectivity index is 1.40. The number of ether oxygens (including phenoxy) is 1. The number of nitrogens with zero attached hydrogens (tertiary/aromatic N) is 6. The second-order valence-electron chi connectivity index (χ2n) is 9.29. The number of aryl methyl sites for hydroxylation is 1. The highest BCUT2D eigenvalue weighted by Gasteiger charge is 2.20. The number of piperidine rings is 1. The molecule has 0 atom stereocenters. The maximum absolute atomic E-state index is 14.9. The predicted octanol–water partition coefficient (Wildman–Crippen LogP) is 5.41. The first-order chi connectivity index (χ1) is 17.3. The summed E-state index contributed by atoms with van der Waals surface area (Å²) in [6.45, 7) is 7.63. The Morgan fingerprint density at radius 2 is 1.81 bits per heavy atom. The smallest absolute Gasteiger partial charge is 0.229 e. The van der Waals surface area contributed by atoms with Gasteiger partial charge in [0.1, 0.15) is 22.9 Å². The Labute approximate surface area is 208 Å². The van der Waals surface area contributed by atoms with Crippen LogP contribution in [-0.4, -0.2) is 50.8 Å². The molecular formula is C26H29F2N7O. The van der Waals surface area contributed by atoms with E-state index in [1.165, 1.54) is 6.07 Å². The zero-order chi connectivity index (χ0) is 25.4. The van der Waals surface area contributed by atoms with Crippen LogP contribution in [0.15, 0.2) is 36.7 Å². The number of imidazole rings is 1. The third-order valence-electron chi connectivity index (χ3n) is 6.59. The molecule has 0 spiro atoms. The highest BCUT2D eigenvalue weighted by molar-refractivity contribution is 5.83. The molecule has 0 amide bonds. The molecule has 1 aliphatic heterocycles. The van der Waals surface area contributed by atoms with Gasteiger partial charge in [-0.2, -0.15) is 0 Å². The lowest BCUT2D eigenvalue weighted by Gasteiger charge is -2.32. The van der Waals surface area contributed by atoms with Crippen molar-refractivity contribution in [2.24, 2.45) is 0 Å². The average molecular weight is 494 g/mol. The van der Waals surface area contributed by atoms with Gasteiger partial charge in [-0.3, -0.25) is 0 Å². The molecule has 188 valence electrons. The van der Waals surface area contributed by atoms with E-state index in [9.17, 15) is 8.78 Å². The predicted molar refractivity (Wildman–Crippen MR) is 136 cm³/mol. The van der Waals surface area contributed by atoms with Crippen molar-refractivity contribution in [2.75, 3.05) is 30.4 Å². The summed E-state index contributed by atoms with van der Waals surface area (Å²) in [5.41, 5.74) is 2.19. The van der Waals surface area contributed by atoms with Crippen LogP contribution in [-0.2, 0) is 4.74 Å². The molecule has 1 fully saturated rings. The number of benzene rings is 1. The maximum atomic E-state index is 14.9. The molecule has 0 saturated carbocycles. The summed E-state index contributed by atoms with van der Waals surface area (Å²) < 4.78 is 37.1. The number of methoxy groups -OCH3 is 1. The van der Waals surface area contributed by atoms with Crippen molar-refractivity contribution in [1.82, 2.24) is 24.5 Å². The van der Waals surface area contributed by atoms with Crippen molar-refractivity contribution in [3.05, 3.63) is 54.1 Å². The van der Waals surface area contributed by atoms with E-state index < -0.39 is 11.6 Å². The highest BCUT2D eigenvalue weighted by atomic mass is 19.1. The molecule has 1 saturated heterocycles. The number of hydrogen-bond acceptors (Lipinski definition) is 7. The monoisotopic (exact) mass is 493 g/mol. The van der Waals surface area contributed by atoms with E-state index in [4.69, 9.17) is 4.74 Å². The summed E-state index contributed by atoms with van der Waals surface area (Å²) in [6, 6.07) is 6.85. The molecule has 0 aliphatic carbocycles. The second kappa shape index (κ2) is 9.77. The molecule has 8 nitrogen and oxygen atoms in total. The summed E-state index contributed by atoms with van der Waals surface area (Å²) in [7, 11) is 1.75. The zero-order valence-corrected chi connectivity index (χ0v) is 20.8. The van der Waals surface area contributed by atoms with Gasteiger partial charge < -0.3 is 19.5 Å². The molecule has 5 rings (SSSR count). The first-order valence-electron chi connectivity index (χ1n) is 12.1. The molecule has 10 heteroatoms. The van der Waals surface area contributed by atoms with E-state index in [1.54, 1.807) is 19.4 Å². The number of pyridine rings is 1. The van der Waals surface area contributed by atoms with Crippen LogP contribution in [0.5, 0.6) is 0 Å². The number of fused-ring (bicyclic) bond motifs is 1. The first kappa shape index (κ1) is 24.1. The summed E-state index contributed by atoms with van der Waals surface area (Å²) in [5, 5.41) is 3.02. The van der Waals surface area contributed by atoms with Gasteiger partial charge in [-0.15, -0.1) is 0 Å². The largest absolute Gasteiger partial charge is 0.381 e. The summed E-state index contributed by atoms with van der Waals surface area (Å²) in [4.78, 5) is 19.5. The molecule has 1 aromatic carbocycles. The van der Waals surface area contributed by atoms with E-state index in [2.05, 4.69) is 30.2 Å². The fraction of sp³-hybridized carbons (Fsp3) is 0.385. The molecule has 1 aliphatic rings. The molecule has 36 heavy (non-hydrogen) atoms. The molecule has 0 bridgehead atoms. The van der Waals surface area contributed by atoms with E-state index in [1.807, 2.05) is 37.5 Å². The van der Waals surface area contributed by atoms with Gasteiger partial charge in [0.15, 0.2) is 11.6 Å². The molecule has 4 aromatic rings. The van der Waals surface area contributed by atoms with Crippen LogP contribution in [0.2, 0.25) is 0 Å². The SMILES string of the molecule is COC1CCN(c2ccc(Nc3ncc(F)c(-c4cc(F)c5nc(C)n(C(C)C)c5c4)n3)nc2)CC1.